The lowest BCUT2D eigenvalue weighted by Crippen LogP contribution is -2.13. The molecule has 0 heterocycles. The predicted octanol–water partition coefficient (Wildman–Crippen LogP) is 4.93. The van der Waals surface area contributed by atoms with Gasteiger partial charge in [-0.3, -0.25) is 9.59 Å². The standard InChI is InChI=1S/C17H23BrO3/c1-2-3-4-5-6-7-8-17(20)21-13-16(19)14-9-11-15(18)12-10-14/h9-12H,2-8,13H2,1H3. The van der Waals surface area contributed by atoms with Crippen molar-refractivity contribution < 1.29 is 14.3 Å². The number of hydrogen-bond acceptors (Lipinski definition) is 3. The first-order valence-electron chi connectivity index (χ1n) is 7.58. The molecule has 4 heteroatoms. The lowest BCUT2D eigenvalue weighted by atomic mass is 10.1. The molecule has 1 aromatic carbocycles. The van der Waals surface area contributed by atoms with Crippen molar-refractivity contribution in [2.45, 2.75) is 51.9 Å². The van der Waals surface area contributed by atoms with E-state index >= 15 is 0 Å². The van der Waals surface area contributed by atoms with Gasteiger partial charge in [-0.1, -0.05) is 67.1 Å². The summed E-state index contributed by atoms with van der Waals surface area (Å²) in [7, 11) is 0. The van der Waals surface area contributed by atoms with Crippen LogP contribution in [0.1, 0.15) is 62.2 Å². The summed E-state index contributed by atoms with van der Waals surface area (Å²) in [4.78, 5) is 23.4. The van der Waals surface area contributed by atoms with Gasteiger partial charge in [0.25, 0.3) is 0 Å². The molecule has 1 aromatic rings. The number of rotatable bonds is 10. The van der Waals surface area contributed by atoms with Crippen molar-refractivity contribution in [3.63, 3.8) is 0 Å². The molecule has 0 N–H and O–H groups in total. The van der Waals surface area contributed by atoms with Crippen molar-refractivity contribution >= 4 is 27.7 Å². The third kappa shape index (κ3) is 8.00. The van der Waals surface area contributed by atoms with Crippen molar-refractivity contribution in [1.82, 2.24) is 0 Å². The Hall–Kier alpha value is -1.16. The molecule has 0 radical (unpaired) electrons. The molecular formula is C17H23BrO3. The average molecular weight is 355 g/mol. The Labute approximate surface area is 135 Å². The molecular weight excluding hydrogens is 332 g/mol. The monoisotopic (exact) mass is 354 g/mol. The SMILES string of the molecule is CCCCCCCCC(=O)OCC(=O)c1ccc(Br)cc1. The van der Waals surface area contributed by atoms with E-state index in [-0.39, 0.29) is 18.4 Å². The molecule has 0 saturated carbocycles. The number of hydrogen-bond donors (Lipinski definition) is 0. The Morgan fingerprint density at radius 2 is 1.62 bits per heavy atom. The van der Waals surface area contributed by atoms with Gasteiger partial charge in [-0.25, -0.2) is 0 Å². The van der Waals surface area contributed by atoms with Crippen LogP contribution < -0.4 is 0 Å². The average Bonchev–Trinajstić information content (AvgIpc) is 2.49. The van der Waals surface area contributed by atoms with Crippen LogP contribution in [0.4, 0.5) is 0 Å². The van der Waals surface area contributed by atoms with Crippen LogP contribution in [0.5, 0.6) is 0 Å². The molecule has 1 rings (SSSR count). The van der Waals surface area contributed by atoms with Gasteiger partial charge in [-0.05, 0) is 18.6 Å². The van der Waals surface area contributed by atoms with E-state index in [0.29, 0.717) is 12.0 Å². The highest BCUT2D eigenvalue weighted by Gasteiger charge is 2.09. The summed E-state index contributed by atoms with van der Waals surface area (Å²) < 4.78 is 5.93. The van der Waals surface area contributed by atoms with E-state index in [9.17, 15) is 9.59 Å². The smallest absolute Gasteiger partial charge is 0.306 e. The molecule has 0 aliphatic heterocycles. The largest absolute Gasteiger partial charge is 0.457 e. The van der Waals surface area contributed by atoms with Gasteiger partial charge in [0.05, 0.1) is 0 Å². The minimum atomic E-state index is -0.282. The van der Waals surface area contributed by atoms with Gasteiger partial charge in [0.1, 0.15) is 0 Å². The minimum Gasteiger partial charge on any atom is -0.457 e. The van der Waals surface area contributed by atoms with Crippen molar-refractivity contribution in [2.24, 2.45) is 0 Å². The molecule has 0 aliphatic rings. The summed E-state index contributed by atoms with van der Waals surface area (Å²) in [5.41, 5.74) is 0.561. The van der Waals surface area contributed by atoms with E-state index in [4.69, 9.17) is 4.74 Å². The van der Waals surface area contributed by atoms with E-state index in [0.717, 1.165) is 17.3 Å². The van der Waals surface area contributed by atoms with E-state index in [1.54, 1.807) is 24.3 Å². The highest BCUT2D eigenvalue weighted by atomic mass is 79.9. The minimum absolute atomic E-state index is 0.168. The van der Waals surface area contributed by atoms with Crippen LogP contribution in [0.25, 0.3) is 0 Å². The number of halogens is 1. The van der Waals surface area contributed by atoms with Crippen LogP contribution in [0.3, 0.4) is 0 Å². The number of benzene rings is 1. The van der Waals surface area contributed by atoms with Crippen molar-refractivity contribution in [3.05, 3.63) is 34.3 Å². The second kappa shape index (κ2) is 10.6. The fourth-order valence-corrected chi connectivity index (χ4v) is 2.25. The van der Waals surface area contributed by atoms with Crippen LogP contribution in [0, 0.1) is 0 Å². The molecule has 0 bridgehead atoms. The quantitative estimate of drug-likeness (QED) is 0.340. The van der Waals surface area contributed by atoms with Gasteiger partial charge < -0.3 is 4.74 Å². The van der Waals surface area contributed by atoms with Crippen molar-refractivity contribution in [3.8, 4) is 0 Å². The van der Waals surface area contributed by atoms with Crippen LogP contribution in [-0.2, 0) is 9.53 Å². The molecule has 0 amide bonds. The maximum absolute atomic E-state index is 11.8. The summed E-state index contributed by atoms with van der Waals surface area (Å²) in [6.07, 6.45) is 7.17. The highest BCUT2D eigenvalue weighted by molar-refractivity contribution is 9.10. The first-order chi connectivity index (χ1) is 10.1. The molecule has 0 spiro atoms. The molecule has 0 aliphatic carbocycles. The summed E-state index contributed by atoms with van der Waals surface area (Å²) in [6, 6.07) is 7.03. The van der Waals surface area contributed by atoms with Gasteiger partial charge in [-0.2, -0.15) is 0 Å². The number of carbonyl (C=O) groups excluding carboxylic acids is 2. The lowest BCUT2D eigenvalue weighted by molar-refractivity contribution is -0.142. The molecule has 116 valence electrons. The highest BCUT2D eigenvalue weighted by Crippen LogP contribution is 2.11. The number of Topliss-reactive ketones (excluding diaryl/α,β-unsaturated/α-hetero) is 1. The van der Waals surface area contributed by atoms with Gasteiger partial charge in [0.15, 0.2) is 12.4 Å². The third-order valence-electron chi connectivity index (χ3n) is 3.26. The Bertz CT molecular complexity index is 440. The summed E-state index contributed by atoms with van der Waals surface area (Å²) in [5.74, 6) is -0.449. The predicted molar refractivity (Wildman–Crippen MR) is 87.4 cm³/mol. The fourth-order valence-electron chi connectivity index (χ4n) is 1.99. The summed E-state index contributed by atoms with van der Waals surface area (Å²) in [6.45, 7) is 2.01. The topological polar surface area (TPSA) is 43.4 Å². The molecule has 0 fully saturated rings. The van der Waals surface area contributed by atoms with Crippen molar-refractivity contribution in [1.29, 1.82) is 0 Å². The zero-order valence-electron chi connectivity index (χ0n) is 12.6. The molecule has 0 atom stereocenters. The molecule has 21 heavy (non-hydrogen) atoms. The number of esters is 1. The van der Waals surface area contributed by atoms with E-state index in [1.165, 1.54) is 25.7 Å². The van der Waals surface area contributed by atoms with Crippen LogP contribution in [0.2, 0.25) is 0 Å². The third-order valence-corrected chi connectivity index (χ3v) is 3.79. The van der Waals surface area contributed by atoms with E-state index in [2.05, 4.69) is 22.9 Å². The second-order valence-corrected chi connectivity index (χ2v) is 6.02. The first-order valence-corrected chi connectivity index (χ1v) is 8.37. The zero-order valence-corrected chi connectivity index (χ0v) is 14.2. The van der Waals surface area contributed by atoms with Crippen LogP contribution in [-0.4, -0.2) is 18.4 Å². The van der Waals surface area contributed by atoms with E-state index < -0.39 is 0 Å². The van der Waals surface area contributed by atoms with E-state index in [1.807, 2.05) is 0 Å². The maximum atomic E-state index is 11.8. The zero-order chi connectivity index (χ0) is 15.5. The maximum Gasteiger partial charge on any atom is 0.306 e. The number of ether oxygens (including phenoxy) is 1. The number of carbonyl (C=O) groups is 2. The normalized spacial score (nSPS) is 10.4. The first kappa shape index (κ1) is 17.9. The van der Waals surface area contributed by atoms with Crippen LogP contribution >= 0.6 is 15.9 Å². The van der Waals surface area contributed by atoms with Gasteiger partial charge >= 0.3 is 5.97 Å². The van der Waals surface area contributed by atoms with Crippen molar-refractivity contribution in [2.75, 3.05) is 6.61 Å². The fraction of sp³-hybridized carbons (Fsp3) is 0.529. The second-order valence-electron chi connectivity index (χ2n) is 5.11. The Balaban J connectivity index is 2.15. The Morgan fingerprint density at radius 1 is 1.00 bits per heavy atom. The number of unbranched alkanes of at least 4 members (excludes halogenated alkanes) is 5. The number of ketones is 1. The van der Waals surface area contributed by atoms with Gasteiger partial charge in [0, 0.05) is 16.5 Å². The molecule has 3 nitrogen and oxygen atoms in total. The summed E-state index contributed by atoms with van der Waals surface area (Å²) >= 11 is 3.31. The molecule has 0 saturated heterocycles. The Morgan fingerprint density at radius 3 is 2.29 bits per heavy atom. The lowest BCUT2D eigenvalue weighted by Gasteiger charge is -2.05. The molecule has 0 unspecified atom stereocenters. The van der Waals surface area contributed by atoms with Gasteiger partial charge in [-0.15, -0.1) is 0 Å². The Kier molecular flexibility index (Phi) is 8.99. The van der Waals surface area contributed by atoms with Crippen LogP contribution in [0.15, 0.2) is 28.7 Å². The van der Waals surface area contributed by atoms with Gasteiger partial charge in [0.2, 0.25) is 0 Å². The summed E-state index contributed by atoms with van der Waals surface area (Å²) in [5, 5.41) is 0. The molecule has 0 aromatic heterocycles.